The molecule has 5 aromatic rings. The number of hydrogen-bond acceptors (Lipinski definition) is 7. The lowest BCUT2D eigenvalue weighted by molar-refractivity contribution is 0.151. The van der Waals surface area contributed by atoms with Gasteiger partial charge in [0.15, 0.2) is 0 Å². The first kappa shape index (κ1) is 22.1. The molecule has 2 N–H and O–H groups in total. The fourth-order valence-corrected chi connectivity index (χ4v) is 6.81. The number of aromatic nitrogens is 4. The van der Waals surface area contributed by atoms with Gasteiger partial charge in [-0.3, -0.25) is 0 Å². The number of rotatable bonds is 5. The Hall–Kier alpha value is -3.42. The van der Waals surface area contributed by atoms with E-state index in [0.717, 1.165) is 31.7 Å². The summed E-state index contributed by atoms with van der Waals surface area (Å²) in [5, 5.41) is 1.81. The van der Waals surface area contributed by atoms with Gasteiger partial charge in [0, 0.05) is 29.7 Å². The van der Waals surface area contributed by atoms with Crippen LogP contribution in [0.3, 0.4) is 0 Å². The molecule has 2 aromatic carbocycles. The zero-order valence-corrected chi connectivity index (χ0v) is 21.2. The van der Waals surface area contributed by atoms with Crippen LogP contribution in [0.1, 0.15) is 38.2 Å². The molecule has 1 fully saturated rings. The Kier molecular flexibility index (Phi) is 5.46. The smallest absolute Gasteiger partial charge is 0.219 e. The maximum Gasteiger partial charge on any atom is 0.219 e. The van der Waals surface area contributed by atoms with E-state index in [1.54, 1.807) is 35.1 Å². The van der Waals surface area contributed by atoms with Gasteiger partial charge in [-0.25, -0.2) is 19.9 Å². The maximum absolute atomic E-state index is 5.63. The van der Waals surface area contributed by atoms with Gasteiger partial charge >= 0.3 is 0 Å². The van der Waals surface area contributed by atoms with E-state index >= 15 is 0 Å². The number of anilines is 1. The minimum atomic E-state index is 0.259. The van der Waals surface area contributed by atoms with Crippen LogP contribution in [0, 0.1) is 5.41 Å². The molecule has 0 saturated heterocycles. The van der Waals surface area contributed by atoms with Crippen LogP contribution >= 0.6 is 22.7 Å². The molecule has 1 saturated carbocycles. The molecule has 0 aliphatic heterocycles. The molecule has 1 aliphatic carbocycles. The third-order valence-corrected chi connectivity index (χ3v) is 8.87. The van der Waals surface area contributed by atoms with Crippen LogP contribution in [-0.4, -0.2) is 19.9 Å². The van der Waals surface area contributed by atoms with E-state index in [1.165, 1.54) is 28.8 Å². The Morgan fingerprint density at radius 1 is 0.771 bits per heavy atom. The Balaban J connectivity index is 1.36. The first-order chi connectivity index (χ1) is 16.9. The van der Waals surface area contributed by atoms with Crippen LogP contribution in [0.25, 0.3) is 42.2 Å². The first-order valence-electron chi connectivity index (χ1n) is 11.7. The summed E-state index contributed by atoms with van der Waals surface area (Å²) in [6.07, 6.45) is 7.82. The molecule has 0 radical (unpaired) electrons. The molecule has 1 aliphatic rings. The standard InChI is InChI=1S/C28H25N5S2/c1-28(2)12-20(13-28)17-8-10-18(11-9-17)23-24(19-6-4-3-5-7-19)35-26(33-23)22-16-30-25(34-22)21-14-31-27(29)32-15-21/h3-11,14-16,20H,12-13H2,1-2H3,(H2,29,31,32). The highest BCUT2D eigenvalue weighted by Crippen LogP contribution is 2.50. The summed E-state index contributed by atoms with van der Waals surface area (Å²) in [4.78, 5) is 20.1. The number of nitrogen functional groups attached to an aromatic ring is 1. The number of nitrogens with two attached hydrogens (primary N) is 1. The maximum atomic E-state index is 5.63. The Morgan fingerprint density at radius 2 is 1.49 bits per heavy atom. The number of nitrogens with zero attached hydrogens (tertiary/aromatic N) is 4. The van der Waals surface area contributed by atoms with E-state index in [9.17, 15) is 0 Å². The third-order valence-electron chi connectivity index (χ3n) is 6.55. The second-order valence-corrected chi connectivity index (χ2v) is 11.8. The van der Waals surface area contributed by atoms with Crippen molar-refractivity contribution in [2.45, 2.75) is 32.6 Å². The lowest BCUT2D eigenvalue weighted by atomic mass is 9.62. The Morgan fingerprint density at radius 3 is 2.17 bits per heavy atom. The van der Waals surface area contributed by atoms with E-state index in [4.69, 9.17) is 10.7 Å². The second kappa shape index (κ2) is 8.66. The lowest BCUT2D eigenvalue weighted by Crippen LogP contribution is -2.29. The summed E-state index contributed by atoms with van der Waals surface area (Å²) in [5.41, 5.74) is 11.7. The molecule has 5 nitrogen and oxygen atoms in total. The molecule has 0 unspecified atom stereocenters. The molecule has 0 atom stereocenters. The average Bonchev–Trinajstić information content (AvgIpc) is 3.52. The van der Waals surface area contributed by atoms with Crippen molar-refractivity contribution in [3.05, 3.63) is 78.8 Å². The molecular weight excluding hydrogens is 470 g/mol. The summed E-state index contributed by atoms with van der Waals surface area (Å²) in [7, 11) is 0. The van der Waals surface area contributed by atoms with E-state index in [0.29, 0.717) is 11.3 Å². The molecule has 174 valence electrons. The molecular formula is C28H25N5S2. The van der Waals surface area contributed by atoms with Crippen molar-refractivity contribution in [2.75, 3.05) is 5.73 Å². The fourth-order valence-electron chi connectivity index (χ4n) is 4.78. The van der Waals surface area contributed by atoms with Gasteiger partial charge in [-0.2, -0.15) is 0 Å². The number of hydrogen-bond donors (Lipinski definition) is 1. The zero-order valence-electron chi connectivity index (χ0n) is 19.6. The van der Waals surface area contributed by atoms with E-state index in [1.807, 2.05) is 12.3 Å². The van der Waals surface area contributed by atoms with E-state index < -0.39 is 0 Å². The van der Waals surface area contributed by atoms with Gasteiger partial charge in [-0.05, 0) is 35.3 Å². The third kappa shape index (κ3) is 4.37. The lowest BCUT2D eigenvalue weighted by Gasteiger charge is -2.43. The quantitative estimate of drug-likeness (QED) is 0.272. The molecule has 7 heteroatoms. The van der Waals surface area contributed by atoms with Crippen molar-refractivity contribution in [2.24, 2.45) is 5.41 Å². The summed E-state index contributed by atoms with van der Waals surface area (Å²) in [5.74, 6) is 0.932. The van der Waals surface area contributed by atoms with Crippen molar-refractivity contribution in [1.29, 1.82) is 0 Å². The van der Waals surface area contributed by atoms with Gasteiger partial charge in [0.2, 0.25) is 5.95 Å². The van der Waals surface area contributed by atoms with Crippen LogP contribution in [0.4, 0.5) is 5.95 Å². The monoisotopic (exact) mass is 495 g/mol. The van der Waals surface area contributed by atoms with Gasteiger partial charge in [-0.15, -0.1) is 22.7 Å². The molecule has 6 rings (SSSR count). The molecule has 0 spiro atoms. The van der Waals surface area contributed by atoms with Gasteiger partial charge in [0.05, 0.1) is 15.4 Å². The molecule has 35 heavy (non-hydrogen) atoms. The van der Waals surface area contributed by atoms with Crippen LogP contribution < -0.4 is 5.73 Å². The van der Waals surface area contributed by atoms with Crippen LogP contribution in [0.5, 0.6) is 0 Å². The van der Waals surface area contributed by atoms with Crippen molar-refractivity contribution in [3.63, 3.8) is 0 Å². The highest BCUT2D eigenvalue weighted by molar-refractivity contribution is 7.25. The normalized spacial score (nSPS) is 15.1. The molecule has 3 heterocycles. The highest BCUT2D eigenvalue weighted by Gasteiger charge is 2.36. The topological polar surface area (TPSA) is 77.6 Å². The Bertz CT molecular complexity index is 1460. The predicted molar refractivity (Wildman–Crippen MR) is 145 cm³/mol. The molecule has 0 amide bonds. The van der Waals surface area contributed by atoms with Crippen LogP contribution in [-0.2, 0) is 0 Å². The minimum Gasteiger partial charge on any atom is -0.368 e. The minimum absolute atomic E-state index is 0.259. The van der Waals surface area contributed by atoms with E-state index in [-0.39, 0.29) is 5.95 Å². The Labute approximate surface area is 212 Å². The van der Waals surface area contributed by atoms with Gasteiger partial charge in [-0.1, -0.05) is 68.4 Å². The summed E-state index contributed by atoms with van der Waals surface area (Å²) >= 11 is 3.30. The van der Waals surface area contributed by atoms with Crippen molar-refractivity contribution in [3.8, 4) is 42.2 Å². The molecule has 3 aromatic heterocycles. The number of benzene rings is 2. The van der Waals surface area contributed by atoms with Gasteiger partial charge < -0.3 is 5.73 Å². The molecule has 0 bridgehead atoms. The highest BCUT2D eigenvalue weighted by atomic mass is 32.1. The van der Waals surface area contributed by atoms with Gasteiger partial charge in [0.1, 0.15) is 10.0 Å². The fraction of sp³-hybridized carbons (Fsp3) is 0.214. The predicted octanol–water partition coefficient (Wildman–Crippen LogP) is 7.54. The number of thiazole rings is 2. The van der Waals surface area contributed by atoms with Gasteiger partial charge in [0.25, 0.3) is 0 Å². The average molecular weight is 496 g/mol. The summed E-state index contributed by atoms with van der Waals surface area (Å²) < 4.78 is 0. The van der Waals surface area contributed by atoms with Crippen LogP contribution in [0.15, 0.2) is 73.2 Å². The van der Waals surface area contributed by atoms with Crippen LogP contribution in [0.2, 0.25) is 0 Å². The second-order valence-electron chi connectivity index (χ2n) is 9.81. The largest absolute Gasteiger partial charge is 0.368 e. The summed E-state index contributed by atoms with van der Waals surface area (Å²) in [6.45, 7) is 4.71. The van der Waals surface area contributed by atoms with E-state index in [2.05, 4.69) is 77.3 Å². The first-order valence-corrected chi connectivity index (χ1v) is 13.3. The SMILES string of the molecule is CC1(C)CC(c2ccc(-c3nc(-c4cnc(-c5cnc(N)nc5)s4)sc3-c3ccccc3)cc2)C1. The van der Waals surface area contributed by atoms with Crippen molar-refractivity contribution < 1.29 is 0 Å². The zero-order chi connectivity index (χ0) is 24.0. The van der Waals surface area contributed by atoms with Crippen molar-refractivity contribution in [1.82, 2.24) is 19.9 Å². The van der Waals surface area contributed by atoms with Crippen molar-refractivity contribution >= 4 is 28.6 Å². The summed E-state index contributed by atoms with van der Waals surface area (Å²) in [6, 6.07) is 19.5.